The summed E-state index contributed by atoms with van der Waals surface area (Å²) in [4.78, 5) is 19.2. The molecule has 2 unspecified atom stereocenters. The lowest BCUT2D eigenvalue weighted by Crippen LogP contribution is -2.33. The Morgan fingerprint density at radius 2 is 1.69 bits per heavy atom. The quantitative estimate of drug-likeness (QED) is 0.635. The smallest absolute Gasteiger partial charge is 0.480 e. The van der Waals surface area contributed by atoms with Crippen molar-refractivity contribution in [2.75, 3.05) is 0 Å². The van der Waals surface area contributed by atoms with E-state index < -0.39 is 18.1 Å². The largest absolute Gasteiger partial charge is 0.490 e. The molecule has 0 saturated carbocycles. The third-order valence-corrected chi connectivity index (χ3v) is 1.91. The second-order valence-corrected chi connectivity index (χ2v) is 3.34. The van der Waals surface area contributed by atoms with Gasteiger partial charge in [-0.25, -0.2) is 4.79 Å². The third kappa shape index (κ3) is 5.54. The highest BCUT2D eigenvalue weighted by Gasteiger charge is 2.38. The molecule has 0 aromatic rings. The summed E-state index contributed by atoms with van der Waals surface area (Å²) in [5, 5.41) is 18.5. The van der Waals surface area contributed by atoms with Gasteiger partial charge in [-0.2, -0.15) is 13.2 Å². The summed E-state index contributed by atoms with van der Waals surface area (Å²) in [7, 11) is 0. The number of carboxylic acids is 2. The zero-order valence-corrected chi connectivity index (χ0v) is 8.41. The Bertz CT molecular complexity index is 266. The fraction of sp³-hybridized carbons (Fsp3) is 0.750. The number of nitrogens with one attached hydrogen (secondary N) is 1. The van der Waals surface area contributed by atoms with Crippen molar-refractivity contribution in [3.8, 4) is 0 Å². The first kappa shape index (κ1) is 14.7. The summed E-state index contributed by atoms with van der Waals surface area (Å²) >= 11 is 0. The monoisotopic (exact) mass is 243 g/mol. The number of halogens is 3. The predicted molar refractivity (Wildman–Crippen MR) is 46.9 cm³/mol. The summed E-state index contributed by atoms with van der Waals surface area (Å²) in [6, 6.07) is 0.0890. The maximum absolute atomic E-state index is 10.6. The molecule has 1 fully saturated rings. The molecule has 0 amide bonds. The molecule has 0 aromatic carbocycles. The van der Waals surface area contributed by atoms with E-state index in [1.807, 2.05) is 6.92 Å². The number of alkyl halides is 3. The first-order valence-corrected chi connectivity index (χ1v) is 4.43. The van der Waals surface area contributed by atoms with Gasteiger partial charge < -0.3 is 15.5 Å². The summed E-state index contributed by atoms with van der Waals surface area (Å²) < 4.78 is 31.7. The lowest BCUT2D eigenvalue weighted by molar-refractivity contribution is -0.192. The van der Waals surface area contributed by atoms with Crippen molar-refractivity contribution < 1.29 is 33.0 Å². The second-order valence-electron chi connectivity index (χ2n) is 3.34. The predicted octanol–water partition coefficient (Wildman–Crippen LogP) is 0.845. The highest BCUT2D eigenvalue weighted by Crippen LogP contribution is 2.13. The molecule has 1 rings (SSSR count). The molecule has 0 aromatic heterocycles. The van der Waals surface area contributed by atoms with Crippen molar-refractivity contribution in [1.29, 1.82) is 0 Å². The van der Waals surface area contributed by atoms with Crippen LogP contribution in [0.1, 0.15) is 19.8 Å². The van der Waals surface area contributed by atoms with Crippen LogP contribution in [-0.4, -0.2) is 40.4 Å². The Kier molecular flexibility index (Phi) is 5.22. The molecule has 5 nitrogen and oxygen atoms in total. The fourth-order valence-electron chi connectivity index (χ4n) is 1.12. The van der Waals surface area contributed by atoms with Gasteiger partial charge in [0.15, 0.2) is 0 Å². The van der Waals surface area contributed by atoms with Crippen molar-refractivity contribution in [3.05, 3.63) is 0 Å². The lowest BCUT2D eigenvalue weighted by atomic mass is 10.2. The Morgan fingerprint density at radius 1 is 1.25 bits per heavy atom. The minimum Gasteiger partial charge on any atom is -0.480 e. The van der Waals surface area contributed by atoms with E-state index in [1.54, 1.807) is 0 Å². The molecule has 1 heterocycles. The molecule has 16 heavy (non-hydrogen) atoms. The van der Waals surface area contributed by atoms with Gasteiger partial charge in [-0.1, -0.05) is 0 Å². The van der Waals surface area contributed by atoms with Crippen LogP contribution in [0.4, 0.5) is 13.2 Å². The van der Waals surface area contributed by atoms with E-state index in [2.05, 4.69) is 5.32 Å². The molecule has 0 spiro atoms. The van der Waals surface area contributed by atoms with Crippen molar-refractivity contribution in [2.24, 2.45) is 0 Å². The van der Waals surface area contributed by atoms with E-state index in [4.69, 9.17) is 15.0 Å². The number of carbonyl (C=O) groups is 2. The zero-order chi connectivity index (χ0) is 12.9. The second kappa shape index (κ2) is 5.69. The van der Waals surface area contributed by atoms with E-state index in [9.17, 15) is 18.0 Å². The van der Waals surface area contributed by atoms with Gasteiger partial charge in [-0.15, -0.1) is 0 Å². The van der Waals surface area contributed by atoms with E-state index >= 15 is 0 Å². The minimum atomic E-state index is -5.08. The highest BCUT2D eigenvalue weighted by molar-refractivity contribution is 5.73. The van der Waals surface area contributed by atoms with Gasteiger partial charge in [-0.05, 0) is 19.8 Å². The fourth-order valence-corrected chi connectivity index (χ4v) is 1.12. The molecule has 94 valence electrons. The summed E-state index contributed by atoms with van der Waals surface area (Å²) in [5.74, 6) is -3.48. The zero-order valence-electron chi connectivity index (χ0n) is 8.41. The molecule has 2 atom stereocenters. The SMILES string of the molecule is CC1CCC(C(=O)O)N1.O=C(O)C(F)(F)F. The molecule has 0 aliphatic carbocycles. The first-order valence-electron chi connectivity index (χ1n) is 4.43. The topological polar surface area (TPSA) is 86.6 Å². The maximum atomic E-state index is 10.6. The van der Waals surface area contributed by atoms with Crippen LogP contribution in [0.25, 0.3) is 0 Å². The Balaban J connectivity index is 0.000000293. The molecule has 1 saturated heterocycles. The van der Waals surface area contributed by atoms with Crippen LogP contribution in [0.2, 0.25) is 0 Å². The maximum Gasteiger partial charge on any atom is 0.490 e. The van der Waals surface area contributed by atoms with Crippen molar-refractivity contribution in [2.45, 2.75) is 38.0 Å². The van der Waals surface area contributed by atoms with Gasteiger partial charge in [0.25, 0.3) is 0 Å². The van der Waals surface area contributed by atoms with Gasteiger partial charge in [0.2, 0.25) is 0 Å². The lowest BCUT2D eigenvalue weighted by Gasteiger charge is -2.03. The number of hydrogen-bond donors (Lipinski definition) is 3. The Hall–Kier alpha value is -1.31. The average Bonchev–Trinajstić information content (AvgIpc) is 2.51. The van der Waals surface area contributed by atoms with Crippen LogP contribution in [0.3, 0.4) is 0 Å². The third-order valence-electron chi connectivity index (χ3n) is 1.91. The minimum absolute atomic E-state index is 0.292. The van der Waals surface area contributed by atoms with Gasteiger partial charge in [0.1, 0.15) is 6.04 Å². The highest BCUT2D eigenvalue weighted by atomic mass is 19.4. The van der Waals surface area contributed by atoms with Gasteiger partial charge in [-0.3, -0.25) is 4.79 Å². The van der Waals surface area contributed by atoms with Crippen molar-refractivity contribution in [3.63, 3.8) is 0 Å². The number of hydrogen-bond acceptors (Lipinski definition) is 3. The normalized spacial score (nSPS) is 24.5. The first-order chi connectivity index (χ1) is 7.14. The summed E-state index contributed by atoms with van der Waals surface area (Å²) in [6.07, 6.45) is -3.33. The van der Waals surface area contributed by atoms with Crippen LogP contribution in [0.5, 0.6) is 0 Å². The van der Waals surface area contributed by atoms with E-state index in [1.165, 1.54) is 0 Å². The molecule has 1 aliphatic heterocycles. The standard InChI is InChI=1S/C6H11NO2.C2HF3O2/c1-4-2-3-5(7-4)6(8)9;3-2(4,5)1(6)7/h4-5,7H,2-3H2,1H3,(H,8,9);(H,6,7). The molecule has 8 heteroatoms. The number of rotatable bonds is 1. The van der Waals surface area contributed by atoms with Crippen molar-refractivity contribution in [1.82, 2.24) is 5.32 Å². The average molecular weight is 243 g/mol. The van der Waals surface area contributed by atoms with Crippen LogP contribution in [-0.2, 0) is 9.59 Å². The van der Waals surface area contributed by atoms with Gasteiger partial charge >= 0.3 is 18.1 Å². The number of carboxylic acid groups (broad SMARTS) is 2. The van der Waals surface area contributed by atoms with Gasteiger partial charge in [0.05, 0.1) is 0 Å². The van der Waals surface area contributed by atoms with Crippen LogP contribution in [0, 0.1) is 0 Å². The summed E-state index contributed by atoms with van der Waals surface area (Å²) in [6.45, 7) is 2.00. The molecule has 3 N–H and O–H groups in total. The molecular formula is C8H12F3NO4. The van der Waals surface area contributed by atoms with Gasteiger partial charge in [0, 0.05) is 6.04 Å². The van der Waals surface area contributed by atoms with Crippen LogP contribution >= 0.6 is 0 Å². The van der Waals surface area contributed by atoms with E-state index in [-0.39, 0.29) is 6.04 Å². The molecular weight excluding hydrogens is 231 g/mol. The van der Waals surface area contributed by atoms with Crippen molar-refractivity contribution >= 4 is 11.9 Å². The van der Waals surface area contributed by atoms with E-state index in [0.717, 1.165) is 12.8 Å². The van der Waals surface area contributed by atoms with Crippen LogP contribution < -0.4 is 5.32 Å². The van der Waals surface area contributed by atoms with E-state index in [0.29, 0.717) is 6.04 Å². The summed E-state index contributed by atoms with van der Waals surface area (Å²) in [5.41, 5.74) is 0. The number of aliphatic carboxylic acids is 2. The Labute approximate surface area is 89.3 Å². The molecule has 0 bridgehead atoms. The van der Waals surface area contributed by atoms with Crippen LogP contribution in [0.15, 0.2) is 0 Å². The molecule has 0 radical (unpaired) electrons. The Morgan fingerprint density at radius 3 is 1.81 bits per heavy atom. The molecule has 1 aliphatic rings.